The number of hydrogen-bond donors (Lipinski definition) is 1. The lowest BCUT2D eigenvalue weighted by Crippen LogP contribution is -2.14. The van der Waals surface area contributed by atoms with Gasteiger partial charge in [-0.15, -0.1) is 0 Å². The van der Waals surface area contributed by atoms with Crippen molar-refractivity contribution in [1.29, 1.82) is 0 Å². The third kappa shape index (κ3) is 2.36. The highest BCUT2D eigenvalue weighted by atomic mass is 35.5. The number of rotatable bonds is 3. The molecule has 0 amide bonds. The molecule has 1 aromatic heterocycles. The molecule has 2 N–H and O–H groups in total. The Morgan fingerprint density at radius 2 is 2.26 bits per heavy atom. The third-order valence-electron chi connectivity index (χ3n) is 3.56. The summed E-state index contributed by atoms with van der Waals surface area (Å²) in [6.45, 7) is 2.65. The highest BCUT2D eigenvalue weighted by molar-refractivity contribution is 6.30. The third-order valence-corrected chi connectivity index (χ3v) is 3.78. The van der Waals surface area contributed by atoms with Crippen LogP contribution < -0.4 is 10.5 Å². The average molecular weight is 278 g/mol. The molecule has 1 atom stereocenters. The SMILES string of the molecule is Cc1occc1C(N)Cc1cc(Cl)cc2c1OCC2. The summed E-state index contributed by atoms with van der Waals surface area (Å²) in [5, 5.41) is 0.746. The second-order valence-electron chi connectivity index (χ2n) is 4.89. The molecule has 1 unspecified atom stereocenters. The Labute approximate surface area is 117 Å². The van der Waals surface area contributed by atoms with E-state index in [0.29, 0.717) is 6.42 Å². The first-order valence-electron chi connectivity index (χ1n) is 6.39. The quantitative estimate of drug-likeness (QED) is 0.935. The van der Waals surface area contributed by atoms with Crippen LogP contribution in [0.2, 0.25) is 5.02 Å². The maximum absolute atomic E-state index is 6.26. The first-order chi connectivity index (χ1) is 9.15. The van der Waals surface area contributed by atoms with Crippen molar-refractivity contribution < 1.29 is 9.15 Å². The lowest BCUT2D eigenvalue weighted by Gasteiger charge is -2.14. The second-order valence-corrected chi connectivity index (χ2v) is 5.33. The topological polar surface area (TPSA) is 48.4 Å². The van der Waals surface area contributed by atoms with Gasteiger partial charge < -0.3 is 14.9 Å². The summed E-state index contributed by atoms with van der Waals surface area (Å²) < 4.78 is 11.0. The van der Waals surface area contributed by atoms with Crippen LogP contribution >= 0.6 is 11.6 Å². The number of furan rings is 1. The summed E-state index contributed by atoms with van der Waals surface area (Å²) in [6.07, 6.45) is 3.29. The Morgan fingerprint density at radius 3 is 3.00 bits per heavy atom. The monoisotopic (exact) mass is 277 g/mol. The van der Waals surface area contributed by atoms with Gasteiger partial charge in [-0.05, 0) is 42.7 Å². The molecule has 0 bridgehead atoms. The zero-order chi connectivity index (χ0) is 13.4. The maximum Gasteiger partial charge on any atom is 0.125 e. The van der Waals surface area contributed by atoms with Crippen LogP contribution in [0.3, 0.4) is 0 Å². The molecule has 4 heteroatoms. The van der Waals surface area contributed by atoms with E-state index in [2.05, 4.69) is 0 Å². The van der Waals surface area contributed by atoms with E-state index >= 15 is 0 Å². The normalized spacial score (nSPS) is 15.1. The molecule has 3 nitrogen and oxygen atoms in total. The Hall–Kier alpha value is -1.45. The van der Waals surface area contributed by atoms with Crippen molar-refractivity contribution in [2.45, 2.75) is 25.8 Å². The minimum Gasteiger partial charge on any atom is -0.493 e. The molecule has 19 heavy (non-hydrogen) atoms. The van der Waals surface area contributed by atoms with Gasteiger partial charge in [0.15, 0.2) is 0 Å². The lowest BCUT2D eigenvalue weighted by atomic mass is 9.98. The molecule has 2 aromatic rings. The summed E-state index contributed by atoms with van der Waals surface area (Å²) in [4.78, 5) is 0. The molecular weight excluding hydrogens is 262 g/mol. The Morgan fingerprint density at radius 1 is 1.42 bits per heavy atom. The van der Waals surface area contributed by atoms with Gasteiger partial charge in [-0.3, -0.25) is 0 Å². The Kier molecular flexibility index (Phi) is 3.25. The van der Waals surface area contributed by atoms with Crippen LogP contribution in [0.15, 0.2) is 28.9 Å². The molecule has 1 aromatic carbocycles. The lowest BCUT2D eigenvalue weighted by molar-refractivity contribution is 0.352. The standard InChI is InChI=1S/C15H16ClNO2/c1-9-13(3-5-18-9)14(17)8-11-7-12(16)6-10-2-4-19-15(10)11/h3,5-7,14H,2,4,8,17H2,1H3. The van der Waals surface area contributed by atoms with Crippen molar-refractivity contribution in [1.82, 2.24) is 0 Å². The fourth-order valence-electron chi connectivity index (χ4n) is 2.62. The molecule has 0 aliphatic carbocycles. The molecule has 100 valence electrons. The van der Waals surface area contributed by atoms with Gasteiger partial charge in [0.25, 0.3) is 0 Å². The molecule has 2 heterocycles. The number of fused-ring (bicyclic) bond motifs is 1. The van der Waals surface area contributed by atoms with E-state index < -0.39 is 0 Å². The fourth-order valence-corrected chi connectivity index (χ4v) is 2.89. The average Bonchev–Trinajstić information content (AvgIpc) is 2.97. The minimum absolute atomic E-state index is 0.106. The van der Waals surface area contributed by atoms with E-state index in [4.69, 9.17) is 26.5 Å². The predicted molar refractivity (Wildman–Crippen MR) is 74.7 cm³/mol. The van der Waals surface area contributed by atoms with Crippen molar-refractivity contribution in [2.24, 2.45) is 5.73 Å². The van der Waals surface area contributed by atoms with Gasteiger partial charge in [0.2, 0.25) is 0 Å². The van der Waals surface area contributed by atoms with E-state index in [-0.39, 0.29) is 6.04 Å². The fraction of sp³-hybridized carbons (Fsp3) is 0.333. The largest absolute Gasteiger partial charge is 0.493 e. The van der Waals surface area contributed by atoms with Gasteiger partial charge in [-0.1, -0.05) is 11.6 Å². The summed E-state index contributed by atoms with van der Waals surface area (Å²) in [7, 11) is 0. The van der Waals surface area contributed by atoms with Crippen LogP contribution in [0.1, 0.15) is 28.5 Å². The van der Waals surface area contributed by atoms with Crippen LogP contribution in [-0.4, -0.2) is 6.61 Å². The first-order valence-corrected chi connectivity index (χ1v) is 6.76. The van der Waals surface area contributed by atoms with E-state index in [1.165, 1.54) is 5.56 Å². The van der Waals surface area contributed by atoms with Gasteiger partial charge in [0.1, 0.15) is 11.5 Å². The van der Waals surface area contributed by atoms with Crippen molar-refractivity contribution in [3.05, 3.63) is 51.9 Å². The van der Waals surface area contributed by atoms with Gasteiger partial charge >= 0.3 is 0 Å². The highest BCUT2D eigenvalue weighted by Crippen LogP contribution is 2.35. The van der Waals surface area contributed by atoms with Crippen LogP contribution in [0.5, 0.6) is 5.75 Å². The van der Waals surface area contributed by atoms with Gasteiger partial charge in [0.05, 0.1) is 12.9 Å². The summed E-state index contributed by atoms with van der Waals surface area (Å²) in [6, 6.07) is 5.74. The number of benzene rings is 1. The number of ether oxygens (including phenoxy) is 1. The van der Waals surface area contributed by atoms with Crippen molar-refractivity contribution in [2.75, 3.05) is 6.61 Å². The van der Waals surface area contributed by atoms with Crippen LogP contribution in [0.4, 0.5) is 0 Å². The maximum atomic E-state index is 6.26. The van der Waals surface area contributed by atoms with Crippen molar-refractivity contribution >= 4 is 11.6 Å². The molecule has 0 spiro atoms. The highest BCUT2D eigenvalue weighted by Gasteiger charge is 2.20. The van der Waals surface area contributed by atoms with E-state index in [0.717, 1.165) is 40.7 Å². The second kappa shape index (κ2) is 4.91. The van der Waals surface area contributed by atoms with Gasteiger partial charge in [-0.2, -0.15) is 0 Å². The van der Waals surface area contributed by atoms with Crippen LogP contribution in [-0.2, 0) is 12.8 Å². The number of nitrogens with two attached hydrogens (primary N) is 1. The van der Waals surface area contributed by atoms with Crippen molar-refractivity contribution in [3.8, 4) is 5.75 Å². The zero-order valence-electron chi connectivity index (χ0n) is 10.8. The smallest absolute Gasteiger partial charge is 0.125 e. The minimum atomic E-state index is -0.106. The molecule has 0 saturated carbocycles. The first kappa shape index (κ1) is 12.6. The summed E-state index contributed by atoms with van der Waals surface area (Å²) >= 11 is 6.15. The molecule has 0 fully saturated rings. The molecule has 1 aliphatic rings. The number of halogens is 1. The van der Waals surface area contributed by atoms with E-state index in [1.54, 1.807) is 6.26 Å². The zero-order valence-corrected chi connectivity index (χ0v) is 11.5. The summed E-state index contributed by atoms with van der Waals surface area (Å²) in [5.41, 5.74) is 9.55. The molecule has 3 rings (SSSR count). The predicted octanol–water partition coefficient (Wildman–Crippen LogP) is 3.42. The van der Waals surface area contributed by atoms with Gasteiger partial charge in [-0.25, -0.2) is 0 Å². The van der Waals surface area contributed by atoms with Crippen molar-refractivity contribution in [3.63, 3.8) is 0 Å². The Balaban J connectivity index is 1.90. The summed E-state index contributed by atoms with van der Waals surface area (Å²) in [5.74, 6) is 1.83. The molecular formula is C15H16ClNO2. The molecule has 1 aliphatic heterocycles. The molecule has 0 radical (unpaired) electrons. The number of aryl methyl sites for hydroxylation is 1. The Bertz CT molecular complexity index is 606. The van der Waals surface area contributed by atoms with Gasteiger partial charge in [0, 0.05) is 23.0 Å². The van der Waals surface area contributed by atoms with Crippen LogP contribution in [0.25, 0.3) is 0 Å². The van der Waals surface area contributed by atoms with E-state index in [1.807, 2.05) is 25.1 Å². The molecule has 0 saturated heterocycles. The number of hydrogen-bond acceptors (Lipinski definition) is 3. The van der Waals surface area contributed by atoms with E-state index in [9.17, 15) is 0 Å². The van der Waals surface area contributed by atoms with Crippen LogP contribution in [0, 0.1) is 6.92 Å².